The SMILES string of the molecule is CCCCCC[C@H](NC(=O)CNCC(=O)N[C@@H](CCCCCC)C(=O)OC)C(=O)OC. The van der Waals surface area contributed by atoms with E-state index in [1.807, 2.05) is 0 Å². The van der Waals surface area contributed by atoms with Gasteiger partial charge in [0.1, 0.15) is 12.1 Å². The molecule has 0 radical (unpaired) electrons. The molecule has 0 unspecified atom stereocenters. The average molecular weight is 444 g/mol. The topological polar surface area (TPSA) is 123 Å². The maximum absolute atomic E-state index is 12.1. The molecule has 9 nitrogen and oxygen atoms in total. The molecule has 3 N–H and O–H groups in total. The number of unbranched alkanes of at least 4 members (excludes halogenated alkanes) is 6. The monoisotopic (exact) mass is 443 g/mol. The predicted molar refractivity (Wildman–Crippen MR) is 118 cm³/mol. The number of ether oxygens (including phenoxy) is 2. The van der Waals surface area contributed by atoms with Gasteiger partial charge in [-0.15, -0.1) is 0 Å². The second-order valence-electron chi connectivity index (χ2n) is 7.59. The van der Waals surface area contributed by atoms with Gasteiger partial charge in [-0.3, -0.25) is 14.9 Å². The van der Waals surface area contributed by atoms with E-state index in [1.165, 1.54) is 14.2 Å². The number of carbonyl (C=O) groups is 4. The molecular weight excluding hydrogens is 402 g/mol. The number of methoxy groups -OCH3 is 2. The van der Waals surface area contributed by atoms with Crippen molar-refractivity contribution in [2.45, 2.75) is 90.1 Å². The number of hydrogen-bond acceptors (Lipinski definition) is 7. The zero-order valence-electron chi connectivity index (χ0n) is 19.6. The van der Waals surface area contributed by atoms with Crippen LogP contribution in [-0.2, 0) is 28.7 Å². The van der Waals surface area contributed by atoms with Crippen LogP contribution in [-0.4, -0.2) is 63.1 Å². The summed E-state index contributed by atoms with van der Waals surface area (Å²) in [5, 5.41) is 8.02. The van der Waals surface area contributed by atoms with Gasteiger partial charge in [-0.25, -0.2) is 9.59 Å². The lowest BCUT2D eigenvalue weighted by Crippen LogP contribution is -2.48. The lowest BCUT2D eigenvalue weighted by atomic mass is 10.1. The summed E-state index contributed by atoms with van der Waals surface area (Å²) in [4.78, 5) is 48.0. The van der Waals surface area contributed by atoms with Crippen LogP contribution < -0.4 is 16.0 Å². The Morgan fingerprint density at radius 3 is 1.35 bits per heavy atom. The summed E-state index contributed by atoms with van der Waals surface area (Å²) in [7, 11) is 2.58. The molecule has 0 heterocycles. The lowest BCUT2D eigenvalue weighted by molar-refractivity contribution is -0.145. The first-order valence-electron chi connectivity index (χ1n) is 11.3. The Morgan fingerprint density at radius 1 is 0.645 bits per heavy atom. The van der Waals surface area contributed by atoms with Crippen LogP contribution in [0.3, 0.4) is 0 Å². The van der Waals surface area contributed by atoms with Crippen LogP contribution in [0.5, 0.6) is 0 Å². The van der Waals surface area contributed by atoms with E-state index in [4.69, 9.17) is 9.47 Å². The minimum atomic E-state index is -0.697. The number of hydrogen-bond donors (Lipinski definition) is 3. The van der Waals surface area contributed by atoms with E-state index in [0.29, 0.717) is 12.8 Å². The molecule has 9 heteroatoms. The number of esters is 2. The van der Waals surface area contributed by atoms with Crippen LogP contribution in [0.15, 0.2) is 0 Å². The maximum atomic E-state index is 12.1. The third-order valence-electron chi connectivity index (χ3n) is 4.91. The quantitative estimate of drug-likeness (QED) is 0.218. The summed E-state index contributed by atoms with van der Waals surface area (Å²) in [5.41, 5.74) is 0. The van der Waals surface area contributed by atoms with Gasteiger partial charge in [-0.2, -0.15) is 0 Å². The molecule has 0 aromatic carbocycles. The number of amides is 2. The average Bonchev–Trinajstić information content (AvgIpc) is 2.76. The normalized spacial score (nSPS) is 12.5. The molecule has 0 aliphatic carbocycles. The van der Waals surface area contributed by atoms with Gasteiger partial charge >= 0.3 is 11.9 Å². The van der Waals surface area contributed by atoms with Crippen molar-refractivity contribution in [1.29, 1.82) is 0 Å². The predicted octanol–water partition coefficient (Wildman–Crippen LogP) is 1.83. The third-order valence-corrected chi connectivity index (χ3v) is 4.91. The Bertz CT molecular complexity index is 495. The molecule has 0 saturated heterocycles. The molecule has 0 aliphatic heterocycles. The summed E-state index contributed by atoms with van der Waals surface area (Å²) in [5.74, 6) is -1.76. The number of rotatable bonds is 18. The number of carbonyl (C=O) groups excluding carboxylic acids is 4. The van der Waals surface area contributed by atoms with Crippen molar-refractivity contribution in [2.75, 3.05) is 27.3 Å². The molecule has 0 rings (SSSR count). The highest BCUT2D eigenvalue weighted by atomic mass is 16.5. The Labute approximate surface area is 186 Å². The van der Waals surface area contributed by atoms with Gasteiger partial charge in [-0.05, 0) is 12.8 Å². The highest BCUT2D eigenvalue weighted by Gasteiger charge is 2.22. The zero-order valence-corrected chi connectivity index (χ0v) is 19.6. The first-order chi connectivity index (χ1) is 14.9. The van der Waals surface area contributed by atoms with E-state index in [2.05, 4.69) is 29.8 Å². The molecule has 2 atom stereocenters. The van der Waals surface area contributed by atoms with Crippen LogP contribution in [0.25, 0.3) is 0 Å². The Morgan fingerprint density at radius 2 is 1.03 bits per heavy atom. The van der Waals surface area contributed by atoms with Crippen molar-refractivity contribution >= 4 is 23.8 Å². The lowest BCUT2D eigenvalue weighted by Gasteiger charge is -2.18. The second-order valence-corrected chi connectivity index (χ2v) is 7.59. The van der Waals surface area contributed by atoms with Crippen LogP contribution in [0.2, 0.25) is 0 Å². The molecule has 0 fully saturated rings. The van der Waals surface area contributed by atoms with Crippen LogP contribution in [0.1, 0.15) is 78.1 Å². The van der Waals surface area contributed by atoms with Crippen molar-refractivity contribution in [1.82, 2.24) is 16.0 Å². The van der Waals surface area contributed by atoms with E-state index >= 15 is 0 Å². The standard InChI is InChI=1S/C22H41N3O6/c1-5-7-9-11-13-17(21(28)30-3)24-19(26)15-23-16-20(27)25-18(22(29)31-4)14-12-10-8-6-2/h17-18,23H,5-16H2,1-4H3,(H,24,26)(H,25,27)/t17-,18-/m0/s1. The van der Waals surface area contributed by atoms with E-state index in [0.717, 1.165) is 51.4 Å². The summed E-state index contributed by atoms with van der Waals surface area (Å²) < 4.78 is 9.51. The van der Waals surface area contributed by atoms with Gasteiger partial charge in [0.05, 0.1) is 27.3 Å². The summed E-state index contributed by atoms with van der Waals surface area (Å²) in [6, 6.07) is -1.39. The smallest absolute Gasteiger partial charge is 0.328 e. The van der Waals surface area contributed by atoms with Gasteiger partial charge in [0, 0.05) is 0 Å². The molecule has 0 aromatic rings. The van der Waals surface area contributed by atoms with Crippen LogP contribution >= 0.6 is 0 Å². The second kappa shape index (κ2) is 18.6. The molecule has 0 saturated carbocycles. The molecule has 0 bridgehead atoms. The minimum Gasteiger partial charge on any atom is -0.467 e. The molecular formula is C22H41N3O6. The van der Waals surface area contributed by atoms with Gasteiger partial charge in [0.2, 0.25) is 11.8 Å². The van der Waals surface area contributed by atoms with Crippen molar-refractivity contribution in [3.63, 3.8) is 0 Å². The van der Waals surface area contributed by atoms with Gasteiger partial charge in [0.15, 0.2) is 0 Å². The highest BCUT2D eigenvalue weighted by molar-refractivity contribution is 5.87. The fourth-order valence-corrected chi connectivity index (χ4v) is 3.11. The van der Waals surface area contributed by atoms with Crippen molar-refractivity contribution in [3.8, 4) is 0 Å². The summed E-state index contributed by atoms with van der Waals surface area (Å²) >= 11 is 0. The Kier molecular flexibility index (Phi) is 17.3. The van der Waals surface area contributed by atoms with Gasteiger partial charge < -0.3 is 20.1 Å². The van der Waals surface area contributed by atoms with Gasteiger partial charge in [-0.1, -0.05) is 65.2 Å². The van der Waals surface area contributed by atoms with Crippen molar-refractivity contribution in [2.24, 2.45) is 0 Å². The zero-order chi connectivity index (χ0) is 23.5. The summed E-state index contributed by atoms with van der Waals surface area (Å²) in [6.07, 6.45) is 8.93. The molecule has 0 aliphatic rings. The fraction of sp³-hybridized carbons (Fsp3) is 0.818. The van der Waals surface area contributed by atoms with Crippen molar-refractivity contribution < 1.29 is 28.7 Å². The number of nitrogens with one attached hydrogen (secondary N) is 3. The van der Waals surface area contributed by atoms with Crippen molar-refractivity contribution in [3.05, 3.63) is 0 Å². The highest BCUT2D eigenvalue weighted by Crippen LogP contribution is 2.08. The van der Waals surface area contributed by atoms with E-state index < -0.39 is 35.8 Å². The van der Waals surface area contributed by atoms with E-state index in [-0.39, 0.29) is 13.1 Å². The maximum Gasteiger partial charge on any atom is 0.328 e. The molecule has 31 heavy (non-hydrogen) atoms. The molecule has 0 spiro atoms. The molecule has 180 valence electrons. The van der Waals surface area contributed by atoms with Crippen LogP contribution in [0.4, 0.5) is 0 Å². The molecule has 0 aromatic heterocycles. The fourth-order valence-electron chi connectivity index (χ4n) is 3.11. The molecule has 2 amide bonds. The van der Waals surface area contributed by atoms with Gasteiger partial charge in [0.25, 0.3) is 0 Å². The van der Waals surface area contributed by atoms with E-state index in [1.54, 1.807) is 0 Å². The van der Waals surface area contributed by atoms with E-state index in [9.17, 15) is 19.2 Å². The first-order valence-corrected chi connectivity index (χ1v) is 11.3. The minimum absolute atomic E-state index is 0.130. The largest absolute Gasteiger partial charge is 0.467 e. The first kappa shape index (κ1) is 28.8. The Balaban J connectivity index is 4.38. The third kappa shape index (κ3) is 14.5. The summed E-state index contributed by atoms with van der Waals surface area (Å²) in [6.45, 7) is 3.94. The van der Waals surface area contributed by atoms with Crippen LogP contribution in [0, 0.1) is 0 Å². The Hall–Kier alpha value is -2.16.